The van der Waals surface area contributed by atoms with Gasteiger partial charge in [0.05, 0.1) is 16.2 Å². The molecule has 5 heteroatoms. The van der Waals surface area contributed by atoms with Crippen LogP contribution in [0.4, 0.5) is 0 Å². The van der Waals surface area contributed by atoms with Crippen molar-refractivity contribution in [1.29, 1.82) is 0 Å². The van der Waals surface area contributed by atoms with Crippen LogP contribution in [0.5, 0.6) is 0 Å². The maximum absolute atomic E-state index is 11.5. The second kappa shape index (κ2) is 3.71. The Morgan fingerprint density at radius 1 is 1.50 bits per heavy atom. The van der Waals surface area contributed by atoms with Gasteiger partial charge >= 0.3 is 0 Å². The van der Waals surface area contributed by atoms with Gasteiger partial charge in [0.25, 0.3) is 5.56 Å². The van der Waals surface area contributed by atoms with Crippen LogP contribution in [0.1, 0.15) is 5.82 Å². The van der Waals surface area contributed by atoms with Gasteiger partial charge in [-0.2, -0.15) is 0 Å². The molecule has 0 unspecified atom stereocenters. The summed E-state index contributed by atoms with van der Waals surface area (Å²) in [5.41, 5.74) is 0.500. The Morgan fingerprint density at radius 2 is 2.29 bits per heavy atom. The smallest absolute Gasteiger partial charge is 0.258 e. The summed E-state index contributed by atoms with van der Waals surface area (Å²) in [4.78, 5) is 18.4. The van der Waals surface area contributed by atoms with Gasteiger partial charge in [0.15, 0.2) is 0 Å². The highest BCUT2D eigenvalue weighted by Crippen LogP contribution is 2.14. The summed E-state index contributed by atoms with van der Waals surface area (Å²) in [5, 5.41) is 1.58. The van der Waals surface area contributed by atoms with Gasteiger partial charge in [-0.25, -0.2) is 4.98 Å². The van der Waals surface area contributed by atoms with Gasteiger partial charge in [-0.05, 0) is 18.2 Å². The molecule has 1 aromatic heterocycles. The predicted octanol–water partition coefficient (Wildman–Crippen LogP) is 2.47. The van der Waals surface area contributed by atoms with Crippen molar-refractivity contribution in [2.24, 2.45) is 0 Å². The zero-order chi connectivity index (χ0) is 10.1. The number of benzene rings is 1. The lowest BCUT2D eigenvalue weighted by Crippen LogP contribution is -2.10. The molecule has 0 aliphatic rings. The van der Waals surface area contributed by atoms with Crippen molar-refractivity contribution in [1.82, 2.24) is 9.97 Å². The molecule has 0 aliphatic heterocycles. The second-order valence-corrected chi connectivity index (χ2v) is 3.80. The van der Waals surface area contributed by atoms with E-state index < -0.39 is 0 Å². The minimum Gasteiger partial charge on any atom is -0.309 e. The van der Waals surface area contributed by atoms with Crippen molar-refractivity contribution in [3.8, 4) is 0 Å². The lowest BCUT2D eigenvalue weighted by atomic mass is 10.2. The van der Waals surface area contributed by atoms with Crippen LogP contribution < -0.4 is 5.56 Å². The summed E-state index contributed by atoms with van der Waals surface area (Å²) in [5.74, 6) is 0.616. The monoisotopic (exact) mass is 272 g/mol. The maximum atomic E-state index is 11.5. The van der Waals surface area contributed by atoms with Crippen molar-refractivity contribution in [3.05, 3.63) is 39.4 Å². The van der Waals surface area contributed by atoms with E-state index in [-0.39, 0.29) is 5.56 Å². The number of H-pyrrole nitrogens is 1. The molecular weight excluding hydrogens is 267 g/mol. The minimum absolute atomic E-state index is 0.160. The SMILES string of the molecule is O=c1[nH]c(CBr)nc2ccc(Cl)cc12. The fraction of sp³-hybridized carbons (Fsp3) is 0.111. The van der Waals surface area contributed by atoms with Gasteiger partial charge in [-0.15, -0.1) is 0 Å². The summed E-state index contributed by atoms with van der Waals surface area (Å²) in [6.07, 6.45) is 0. The molecule has 14 heavy (non-hydrogen) atoms. The van der Waals surface area contributed by atoms with Crippen LogP contribution in [0.25, 0.3) is 10.9 Å². The van der Waals surface area contributed by atoms with Crippen LogP contribution in [0.3, 0.4) is 0 Å². The Balaban J connectivity index is 2.83. The van der Waals surface area contributed by atoms with Crippen LogP contribution >= 0.6 is 27.5 Å². The molecule has 0 amide bonds. The van der Waals surface area contributed by atoms with Crippen LogP contribution in [-0.4, -0.2) is 9.97 Å². The number of halogens is 2. The molecule has 3 nitrogen and oxygen atoms in total. The van der Waals surface area contributed by atoms with Crippen molar-refractivity contribution in [2.75, 3.05) is 0 Å². The molecule has 1 aromatic carbocycles. The summed E-state index contributed by atoms with van der Waals surface area (Å²) in [6, 6.07) is 5.06. The van der Waals surface area contributed by atoms with E-state index in [0.29, 0.717) is 27.1 Å². The van der Waals surface area contributed by atoms with E-state index in [0.717, 1.165) is 0 Å². The molecule has 0 atom stereocenters. The number of aromatic nitrogens is 2. The number of nitrogens with one attached hydrogen (secondary N) is 1. The quantitative estimate of drug-likeness (QED) is 0.811. The van der Waals surface area contributed by atoms with Gasteiger partial charge in [-0.1, -0.05) is 27.5 Å². The number of rotatable bonds is 1. The van der Waals surface area contributed by atoms with E-state index in [4.69, 9.17) is 11.6 Å². The molecular formula is C9H6BrClN2O. The predicted molar refractivity (Wildman–Crippen MR) is 60.0 cm³/mol. The summed E-state index contributed by atoms with van der Waals surface area (Å²) in [6.45, 7) is 0. The highest BCUT2D eigenvalue weighted by Gasteiger charge is 2.02. The average molecular weight is 274 g/mol. The van der Waals surface area contributed by atoms with E-state index in [1.807, 2.05) is 0 Å². The van der Waals surface area contributed by atoms with Crippen LogP contribution in [0.15, 0.2) is 23.0 Å². The Kier molecular flexibility index (Phi) is 2.56. The van der Waals surface area contributed by atoms with E-state index in [1.54, 1.807) is 18.2 Å². The molecule has 72 valence electrons. The topological polar surface area (TPSA) is 45.8 Å². The molecule has 0 radical (unpaired) electrons. The Labute approximate surface area is 93.2 Å². The summed E-state index contributed by atoms with van der Waals surface area (Å²) >= 11 is 9.01. The van der Waals surface area contributed by atoms with Crippen LogP contribution in [0, 0.1) is 0 Å². The number of nitrogens with zero attached hydrogens (tertiary/aromatic N) is 1. The maximum Gasteiger partial charge on any atom is 0.258 e. The van der Waals surface area contributed by atoms with Crippen molar-refractivity contribution < 1.29 is 0 Å². The summed E-state index contributed by atoms with van der Waals surface area (Å²) in [7, 11) is 0. The number of fused-ring (bicyclic) bond motifs is 1. The molecule has 1 heterocycles. The van der Waals surface area contributed by atoms with Crippen molar-refractivity contribution >= 4 is 38.4 Å². The molecule has 0 spiro atoms. The first-order valence-corrected chi connectivity index (χ1v) is 5.45. The molecule has 0 aliphatic carbocycles. The highest BCUT2D eigenvalue weighted by molar-refractivity contribution is 9.08. The first kappa shape index (κ1) is 9.68. The first-order valence-electron chi connectivity index (χ1n) is 3.95. The van der Waals surface area contributed by atoms with Gasteiger partial charge in [0.1, 0.15) is 5.82 Å². The Hall–Kier alpha value is -0.870. The fourth-order valence-corrected chi connectivity index (χ4v) is 1.66. The molecule has 0 bridgehead atoms. The second-order valence-electron chi connectivity index (χ2n) is 2.81. The molecule has 1 N–H and O–H groups in total. The number of alkyl halides is 1. The Bertz CT molecular complexity index is 538. The molecule has 0 saturated carbocycles. The largest absolute Gasteiger partial charge is 0.309 e. The van der Waals surface area contributed by atoms with E-state index in [1.165, 1.54) is 0 Å². The van der Waals surface area contributed by atoms with Gasteiger partial charge < -0.3 is 4.98 Å². The molecule has 0 saturated heterocycles. The third-order valence-electron chi connectivity index (χ3n) is 1.84. The normalized spacial score (nSPS) is 10.7. The fourth-order valence-electron chi connectivity index (χ4n) is 1.22. The molecule has 2 aromatic rings. The van der Waals surface area contributed by atoms with Crippen molar-refractivity contribution in [2.45, 2.75) is 5.33 Å². The third kappa shape index (κ3) is 1.67. The Morgan fingerprint density at radius 3 is 3.00 bits per heavy atom. The van der Waals surface area contributed by atoms with Gasteiger partial charge in [-0.3, -0.25) is 4.79 Å². The third-order valence-corrected chi connectivity index (χ3v) is 2.61. The molecule has 2 rings (SSSR count). The summed E-state index contributed by atoms with van der Waals surface area (Å²) < 4.78 is 0. The van der Waals surface area contributed by atoms with Crippen molar-refractivity contribution in [3.63, 3.8) is 0 Å². The average Bonchev–Trinajstić information content (AvgIpc) is 2.19. The standard InChI is InChI=1S/C9H6BrClN2O/c10-4-8-12-7-2-1-5(11)3-6(7)9(14)13-8/h1-3H,4H2,(H,12,13,14). The number of aromatic amines is 1. The van der Waals surface area contributed by atoms with E-state index in [2.05, 4.69) is 25.9 Å². The minimum atomic E-state index is -0.160. The van der Waals surface area contributed by atoms with Gasteiger partial charge in [0, 0.05) is 5.02 Å². The van der Waals surface area contributed by atoms with E-state index >= 15 is 0 Å². The first-order chi connectivity index (χ1) is 6.70. The lowest BCUT2D eigenvalue weighted by Gasteiger charge is -1.99. The highest BCUT2D eigenvalue weighted by atomic mass is 79.9. The lowest BCUT2D eigenvalue weighted by molar-refractivity contribution is 1.05. The zero-order valence-corrected chi connectivity index (χ0v) is 9.39. The van der Waals surface area contributed by atoms with Gasteiger partial charge in [0.2, 0.25) is 0 Å². The molecule has 0 fully saturated rings. The zero-order valence-electron chi connectivity index (χ0n) is 7.05. The van der Waals surface area contributed by atoms with E-state index in [9.17, 15) is 4.79 Å². The van der Waals surface area contributed by atoms with Crippen LogP contribution in [0.2, 0.25) is 5.02 Å². The van der Waals surface area contributed by atoms with Crippen LogP contribution in [-0.2, 0) is 5.33 Å². The number of hydrogen-bond donors (Lipinski definition) is 1. The number of hydrogen-bond acceptors (Lipinski definition) is 2.